The van der Waals surface area contributed by atoms with Crippen molar-refractivity contribution in [1.29, 1.82) is 0 Å². The third-order valence-corrected chi connectivity index (χ3v) is 3.93. The maximum atomic E-state index is 13.1. The number of halogens is 2. The minimum atomic E-state index is -0.243. The number of benzene rings is 2. The van der Waals surface area contributed by atoms with Crippen LogP contribution >= 0.6 is 15.9 Å². The average Bonchev–Trinajstić information content (AvgIpc) is 2.45. The van der Waals surface area contributed by atoms with E-state index in [1.165, 1.54) is 12.1 Å². The molecule has 1 atom stereocenters. The molecule has 1 unspecified atom stereocenters. The van der Waals surface area contributed by atoms with Crippen LogP contribution in [-0.2, 0) is 13.2 Å². The van der Waals surface area contributed by atoms with Gasteiger partial charge in [0.2, 0.25) is 0 Å². The Kier molecular flexibility index (Phi) is 5.29. The Morgan fingerprint density at radius 2 is 1.80 bits per heavy atom. The van der Waals surface area contributed by atoms with Crippen molar-refractivity contribution in [3.05, 3.63) is 69.4 Å². The van der Waals surface area contributed by atoms with Crippen LogP contribution in [0.15, 0.2) is 46.9 Å². The lowest BCUT2D eigenvalue weighted by Crippen LogP contribution is -2.18. The van der Waals surface area contributed by atoms with E-state index in [1.54, 1.807) is 6.07 Å². The molecule has 0 saturated carbocycles. The molecule has 0 aliphatic heterocycles. The monoisotopic (exact) mass is 337 g/mol. The van der Waals surface area contributed by atoms with Gasteiger partial charge in [0.1, 0.15) is 5.82 Å². The zero-order valence-electron chi connectivity index (χ0n) is 11.2. The van der Waals surface area contributed by atoms with Gasteiger partial charge in [-0.25, -0.2) is 4.39 Å². The summed E-state index contributed by atoms with van der Waals surface area (Å²) < 4.78 is 13.8. The minimum Gasteiger partial charge on any atom is -0.392 e. The van der Waals surface area contributed by atoms with Crippen molar-refractivity contribution in [2.45, 2.75) is 26.1 Å². The molecule has 106 valence electrons. The van der Waals surface area contributed by atoms with Gasteiger partial charge in [-0.15, -0.1) is 0 Å². The number of nitrogens with one attached hydrogen (secondary N) is 1. The Morgan fingerprint density at radius 1 is 1.15 bits per heavy atom. The first-order valence-corrected chi connectivity index (χ1v) is 7.26. The van der Waals surface area contributed by atoms with Crippen LogP contribution < -0.4 is 5.32 Å². The van der Waals surface area contributed by atoms with E-state index in [9.17, 15) is 4.39 Å². The normalized spacial score (nSPS) is 12.4. The predicted molar refractivity (Wildman–Crippen MR) is 81.7 cm³/mol. The molecule has 2 rings (SSSR count). The van der Waals surface area contributed by atoms with E-state index in [2.05, 4.69) is 21.2 Å². The molecule has 0 radical (unpaired) electrons. The Morgan fingerprint density at radius 3 is 2.40 bits per heavy atom. The number of hydrogen-bond acceptors (Lipinski definition) is 2. The Bertz CT molecular complexity index is 571. The standard InChI is InChI=1S/C16H17BrFNO/c1-11(15-7-6-14(18)8-16(15)17)19-9-12-2-4-13(10-20)5-3-12/h2-8,11,19-20H,9-10H2,1H3. The number of aliphatic hydroxyl groups is 1. The van der Waals surface area contributed by atoms with Crippen LogP contribution in [0.25, 0.3) is 0 Å². The van der Waals surface area contributed by atoms with Crippen LogP contribution in [0.3, 0.4) is 0 Å². The molecule has 2 nitrogen and oxygen atoms in total. The lowest BCUT2D eigenvalue weighted by molar-refractivity contribution is 0.282. The van der Waals surface area contributed by atoms with Gasteiger partial charge in [-0.1, -0.05) is 46.3 Å². The highest BCUT2D eigenvalue weighted by atomic mass is 79.9. The van der Waals surface area contributed by atoms with Crippen LogP contribution in [0.2, 0.25) is 0 Å². The second kappa shape index (κ2) is 6.97. The molecule has 0 spiro atoms. The average molecular weight is 338 g/mol. The van der Waals surface area contributed by atoms with E-state index in [-0.39, 0.29) is 18.5 Å². The smallest absolute Gasteiger partial charge is 0.124 e. The van der Waals surface area contributed by atoms with Gasteiger partial charge in [-0.05, 0) is 35.7 Å². The lowest BCUT2D eigenvalue weighted by Gasteiger charge is -2.16. The van der Waals surface area contributed by atoms with E-state index >= 15 is 0 Å². The summed E-state index contributed by atoms with van der Waals surface area (Å²) in [7, 11) is 0. The van der Waals surface area contributed by atoms with Crippen LogP contribution in [0, 0.1) is 5.82 Å². The molecule has 0 saturated heterocycles. The number of hydrogen-bond donors (Lipinski definition) is 2. The van der Waals surface area contributed by atoms with Crippen LogP contribution in [0.4, 0.5) is 4.39 Å². The number of rotatable bonds is 5. The van der Waals surface area contributed by atoms with Gasteiger partial charge in [-0.3, -0.25) is 0 Å². The van der Waals surface area contributed by atoms with Gasteiger partial charge in [-0.2, -0.15) is 0 Å². The lowest BCUT2D eigenvalue weighted by atomic mass is 10.1. The summed E-state index contributed by atoms with van der Waals surface area (Å²) in [6.07, 6.45) is 0. The SMILES string of the molecule is CC(NCc1ccc(CO)cc1)c1ccc(F)cc1Br. The van der Waals surface area contributed by atoms with Crippen LogP contribution in [-0.4, -0.2) is 5.11 Å². The minimum absolute atomic E-state index is 0.0621. The molecule has 0 aliphatic rings. The van der Waals surface area contributed by atoms with E-state index in [0.717, 1.165) is 27.7 Å². The molecule has 0 bridgehead atoms. The Hall–Kier alpha value is -1.23. The van der Waals surface area contributed by atoms with Crippen molar-refractivity contribution in [2.75, 3.05) is 0 Å². The first kappa shape index (κ1) is 15.2. The summed E-state index contributed by atoms with van der Waals surface area (Å²) in [4.78, 5) is 0. The van der Waals surface area contributed by atoms with Gasteiger partial charge >= 0.3 is 0 Å². The topological polar surface area (TPSA) is 32.3 Å². The van der Waals surface area contributed by atoms with Crippen molar-refractivity contribution >= 4 is 15.9 Å². The summed E-state index contributed by atoms with van der Waals surface area (Å²) in [5.74, 6) is -0.243. The highest BCUT2D eigenvalue weighted by Crippen LogP contribution is 2.24. The fourth-order valence-corrected chi connectivity index (χ4v) is 2.69. The van der Waals surface area contributed by atoms with E-state index < -0.39 is 0 Å². The molecule has 0 aromatic heterocycles. The third-order valence-electron chi connectivity index (χ3n) is 3.25. The predicted octanol–water partition coefficient (Wildman–Crippen LogP) is 3.93. The molecule has 0 fully saturated rings. The molecule has 0 heterocycles. The van der Waals surface area contributed by atoms with Crippen molar-refractivity contribution in [3.8, 4) is 0 Å². The van der Waals surface area contributed by atoms with Gasteiger partial charge in [0.05, 0.1) is 6.61 Å². The molecule has 0 amide bonds. The summed E-state index contributed by atoms with van der Waals surface area (Å²) in [6.45, 7) is 2.82. The quantitative estimate of drug-likeness (QED) is 0.866. The molecular weight excluding hydrogens is 321 g/mol. The Balaban J connectivity index is 1.98. The second-order valence-corrected chi connectivity index (χ2v) is 5.60. The van der Waals surface area contributed by atoms with E-state index in [1.807, 2.05) is 31.2 Å². The molecule has 4 heteroatoms. The molecule has 20 heavy (non-hydrogen) atoms. The molecule has 2 aromatic rings. The fraction of sp³-hybridized carbons (Fsp3) is 0.250. The zero-order valence-corrected chi connectivity index (χ0v) is 12.8. The maximum absolute atomic E-state index is 13.1. The summed E-state index contributed by atoms with van der Waals surface area (Å²) in [6, 6.07) is 12.6. The third kappa shape index (κ3) is 3.88. The second-order valence-electron chi connectivity index (χ2n) is 4.74. The largest absolute Gasteiger partial charge is 0.392 e. The first-order chi connectivity index (χ1) is 9.60. The highest BCUT2D eigenvalue weighted by Gasteiger charge is 2.09. The van der Waals surface area contributed by atoms with Gasteiger partial charge in [0, 0.05) is 17.1 Å². The molecule has 2 N–H and O–H groups in total. The van der Waals surface area contributed by atoms with Gasteiger partial charge < -0.3 is 10.4 Å². The van der Waals surface area contributed by atoms with E-state index in [4.69, 9.17) is 5.11 Å². The Labute approximate surface area is 126 Å². The summed E-state index contributed by atoms with van der Waals surface area (Å²) in [5.41, 5.74) is 3.08. The number of aliphatic hydroxyl groups excluding tert-OH is 1. The van der Waals surface area contributed by atoms with Gasteiger partial charge in [0.25, 0.3) is 0 Å². The van der Waals surface area contributed by atoms with Crippen molar-refractivity contribution < 1.29 is 9.50 Å². The van der Waals surface area contributed by atoms with Crippen molar-refractivity contribution in [1.82, 2.24) is 5.32 Å². The summed E-state index contributed by atoms with van der Waals surface area (Å²) in [5, 5.41) is 12.4. The zero-order chi connectivity index (χ0) is 14.5. The van der Waals surface area contributed by atoms with Gasteiger partial charge in [0.15, 0.2) is 0 Å². The van der Waals surface area contributed by atoms with E-state index in [0.29, 0.717) is 0 Å². The van der Waals surface area contributed by atoms with Crippen molar-refractivity contribution in [3.63, 3.8) is 0 Å². The fourth-order valence-electron chi connectivity index (χ4n) is 2.00. The maximum Gasteiger partial charge on any atom is 0.124 e. The van der Waals surface area contributed by atoms with Crippen molar-refractivity contribution in [2.24, 2.45) is 0 Å². The first-order valence-electron chi connectivity index (χ1n) is 6.47. The van der Waals surface area contributed by atoms with Crippen LogP contribution in [0.5, 0.6) is 0 Å². The molecule has 0 aliphatic carbocycles. The summed E-state index contributed by atoms with van der Waals surface area (Å²) >= 11 is 3.39. The highest BCUT2D eigenvalue weighted by molar-refractivity contribution is 9.10. The van der Waals surface area contributed by atoms with Crippen LogP contribution in [0.1, 0.15) is 29.7 Å². The molecular formula is C16H17BrFNO. The molecule has 2 aromatic carbocycles.